The summed E-state index contributed by atoms with van der Waals surface area (Å²) in [7, 11) is -4.53. The number of sulfonamides is 1. The number of benzene rings is 2. The van der Waals surface area contributed by atoms with Gasteiger partial charge in [0.25, 0.3) is 0 Å². The Morgan fingerprint density at radius 1 is 1.08 bits per heavy atom. The van der Waals surface area contributed by atoms with Crippen LogP contribution in [0.2, 0.25) is 0 Å². The van der Waals surface area contributed by atoms with Crippen molar-refractivity contribution in [2.45, 2.75) is 31.2 Å². The van der Waals surface area contributed by atoms with Gasteiger partial charge in [0, 0.05) is 12.1 Å². The summed E-state index contributed by atoms with van der Waals surface area (Å²) in [6.07, 6.45) is 0. The van der Waals surface area contributed by atoms with Crippen LogP contribution in [-0.2, 0) is 14.7 Å². The molecule has 0 spiro atoms. The average molecular weight is 347 g/mol. The maximum Gasteiger partial charge on any atom is 0.433 e. The summed E-state index contributed by atoms with van der Waals surface area (Å²) < 4.78 is 46.7. The van der Waals surface area contributed by atoms with E-state index in [1.165, 1.54) is 16.3 Å². The topological polar surface area (TPSA) is 46.6 Å². The van der Waals surface area contributed by atoms with Crippen molar-refractivity contribution in [2.24, 2.45) is 0 Å². The van der Waals surface area contributed by atoms with Crippen molar-refractivity contribution >= 4 is 22.5 Å². The Kier molecular flexibility index (Phi) is 4.27. The van der Waals surface area contributed by atoms with Crippen molar-refractivity contribution in [3.8, 4) is 0 Å². The van der Waals surface area contributed by atoms with Gasteiger partial charge in [0.05, 0.1) is 4.90 Å². The minimum Gasteiger partial charge on any atom is -0.415 e. The van der Waals surface area contributed by atoms with Crippen molar-refractivity contribution in [1.29, 1.82) is 0 Å². The Morgan fingerprint density at radius 2 is 1.67 bits per heavy atom. The summed E-state index contributed by atoms with van der Waals surface area (Å²) >= 11 is 0. The zero-order valence-electron chi connectivity index (χ0n) is 13.9. The van der Waals surface area contributed by atoms with Gasteiger partial charge in [-0.3, -0.25) is 0 Å². The van der Waals surface area contributed by atoms with Crippen molar-refractivity contribution in [3.63, 3.8) is 0 Å². The Hall–Kier alpha value is -1.70. The maximum absolute atomic E-state index is 13.2. The minimum absolute atomic E-state index is 0.221. The van der Waals surface area contributed by atoms with E-state index in [2.05, 4.69) is 0 Å². The average Bonchev–Trinajstić information content (AvgIpc) is 2.84. The van der Waals surface area contributed by atoms with Gasteiger partial charge in [-0.1, -0.05) is 29.8 Å². The Labute approximate surface area is 142 Å². The van der Waals surface area contributed by atoms with E-state index < -0.39 is 22.6 Å². The number of halogens is 1. The first kappa shape index (κ1) is 17.1. The molecule has 0 amide bonds. The molecule has 0 bridgehead atoms. The standard InChI is InChI=1S/C17H19BFNO3S/c1-13-4-10-16(11-5-13)24(21,22)20-17(2,3)12-23-18(20)14-6-8-15(19)9-7-14/h4-11H,12H2,1-3H3. The molecule has 2 aromatic rings. The number of aryl methyl sites for hydroxylation is 1. The van der Waals surface area contributed by atoms with Gasteiger partial charge < -0.3 is 4.65 Å². The quantitative estimate of drug-likeness (QED) is 0.801. The van der Waals surface area contributed by atoms with Crippen molar-refractivity contribution in [1.82, 2.24) is 4.22 Å². The lowest BCUT2D eigenvalue weighted by atomic mass is 9.73. The SMILES string of the molecule is Cc1ccc(S(=O)(=O)N2B(c3ccc(F)cc3)OCC2(C)C)cc1. The molecule has 1 aliphatic rings. The summed E-state index contributed by atoms with van der Waals surface area (Å²) in [4.78, 5) is 0.221. The molecule has 1 aliphatic heterocycles. The van der Waals surface area contributed by atoms with Crippen LogP contribution in [0.3, 0.4) is 0 Å². The van der Waals surface area contributed by atoms with E-state index in [1.807, 2.05) is 20.8 Å². The predicted octanol–water partition coefficient (Wildman–Crippen LogP) is 2.33. The van der Waals surface area contributed by atoms with Crippen molar-refractivity contribution in [2.75, 3.05) is 6.61 Å². The van der Waals surface area contributed by atoms with Gasteiger partial charge in [0.2, 0.25) is 10.0 Å². The lowest BCUT2D eigenvalue weighted by Crippen LogP contribution is -2.54. The molecule has 126 valence electrons. The largest absolute Gasteiger partial charge is 0.433 e. The molecule has 0 saturated carbocycles. The van der Waals surface area contributed by atoms with Crippen LogP contribution in [0.15, 0.2) is 53.4 Å². The third-order valence-corrected chi connectivity index (χ3v) is 6.21. The summed E-state index contributed by atoms with van der Waals surface area (Å²) in [5.41, 5.74) is 0.890. The lowest BCUT2D eigenvalue weighted by Gasteiger charge is -2.31. The molecule has 4 nitrogen and oxygen atoms in total. The van der Waals surface area contributed by atoms with Gasteiger partial charge in [-0.15, -0.1) is 0 Å². The Bertz CT molecular complexity index is 835. The fraction of sp³-hybridized carbons (Fsp3) is 0.294. The number of rotatable bonds is 3. The van der Waals surface area contributed by atoms with E-state index in [0.29, 0.717) is 5.46 Å². The number of hydrogen-bond acceptors (Lipinski definition) is 3. The molecule has 0 aliphatic carbocycles. The molecule has 1 saturated heterocycles. The van der Waals surface area contributed by atoms with Crippen LogP contribution in [-0.4, -0.2) is 31.8 Å². The fourth-order valence-corrected chi connectivity index (χ4v) is 4.71. The van der Waals surface area contributed by atoms with Gasteiger partial charge in [-0.05, 0) is 50.5 Å². The number of hydrogen-bond donors (Lipinski definition) is 0. The number of nitrogens with zero attached hydrogens (tertiary/aromatic N) is 1. The zero-order valence-corrected chi connectivity index (χ0v) is 14.7. The van der Waals surface area contributed by atoms with E-state index in [0.717, 1.165) is 5.56 Å². The first-order valence-corrected chi connectivity index (χ1v) is 9.14. The summed E-state index contributed by atoms with van der Waals surface area (Å²) in [6, 6.07) is 12.5. The lowest BCUT2D eigenvalue weighted by molar-refractivity contribution is 0.271. The molecule has 24 heavy (non-hydrogen) atoms. The molecular formula is C17H19BFNO3S. The van der Waals surface area contributed by atoms with Crippen molar-refractivity contribution < 1.29 is 17.5 Å². The highest BCUT2D eigenvalue weighted by atomic mass is 32.2. The van der Waals surface area contributed by atoms with Gasteiger partial charge >= 0.3 is 7.05 Å². The minimum atomic E-state index is -3.76. The van der Waals surface area contributed by atoms with E-state index >= 15 is 0 Å². The summed E-state index contributed by atoms with van der Waals surface area (Å²) in [6.45, 7) is 5.81. The highest BCUT2D eigenvalue weighted by molar-refractivity contribution is 7.90. The molecular weight excluding hydrogens is 328 g/mol. The normalized spacial score (nSPS) is 18.1. The van der Waals surface area contributed by atoms with Crippen LogP contribution in [0.5, 0.6) is 0 Å². The molecule has 0 N–H and O–H groups in total. The molecule has 1 heterocycles. The van der Waals surface area contributed by atoms with Gasteiger partial charge in [-0.25, -0.2) is 12.8 Å². The fourth-order valence-electron chi connectivity index (χ4n) is 2.87. The smallest absolute Gasteiger partial charge is 0.415 e. The van der Waals surface area contributed by atoms with Crippen LogP contribution < -0.4 is 5.46 Å². The van der Waals surface area contributed by atoms with Crippen molar-refractivity contribution in [3.05, 3.63) is 59.9 Å². The Balaban J connectivity index is 2.06. The maximum atomic E-state index is 13.2. The second-order valence-electron chi connectivity index (χ2n) is 6.64. The monoisotopic (exact) mass is 347 g/mol. The second kappa shape index (κ2) is 5.99. The molecule has 0 aromatic heterocycles. The van der Waals surface area contributed by atoms with Gasteiger partial charge in [0.15, 0.2) is 0 Å². The molecule has 0 unspecified atom stereocenters. The molecule has 7 heteroatoms. The van der Waals surface area contributed by atoms with Crippen LogP contribution >= 0.6 is 0 Å². The third kappa shape index (κ3) is 2.99. The molecule has 2 aromatic carbocycles. The third-order valence-electron chi connectivity index (χ3n) is 4.14. The summed E-state index contributed by atoms with van der Waals surface area (Å²) in [5.74, 6) is -0.371. The highest BCUT2D eigenvalue weighted by Gasteiger charge is 2.52. The van der Waals surface area contributed by atoms with Crippen LogP contribution in [0, 0.1) is 12.7 Å². The molecule has 0 radical (unpaired) electrons. The van der Waals surface area contributed by atoms with E-state index in [1.54, 1.807) is 36.4 Å². The Morgan fingerprint density at radius 3 is 2.25 bits per heavy atom. The van der Waals surface area contributed by atoms with E-state index in [4.69, 9.17) is 4.65 Å². The van der Waals surface area contributed by atoms with Crippen LogP contribution in [0.4, 0.5) is 4.39 Å². The first-order chi connectivity index (χ1) is 11.2. The predicted molar refractivity (Wildman–Crippen MR) is 92.0 cm³/mol. The second-order valence-corrected chi connectivity index (χ2v) is 8.46. The zero-order chi connectivity index (χ0) is 17.5. The first-order valence-electron chi connectivity index (χ1n) is 7.70. The molecule has 3 rings (SSSR count). The van der Waals surface area contributed by atoms with Crippen LogP contribution in [0.25, 0.3) is 0 Å². The summed E-state index contributed by atoms with van der Waals surface area (Å²) in [5, 5.41) is 0. The van der Waals surface area contributed by atoms with Gasteiger partial charge in [-0.2, -0.15) is 4.22 Å². The highest BCUT2D eigenvalue weighted by Crippen LogP contribution is 2.31. The molecule has 0 atom stereocenters. The molecule has 1 fully saturated rings. The van der Waals surface area contributed by atoms with Gasteiger partial charge in [0.1, 0.15) is 5.82 Å². The van der Waals surface area contributed by atoms with E-state index in [9.17, 15) is 12.8 Å². The van der Waals surface area contributed by atoms with Crippen LogP contribution in [0.1, 0.15) is 19.4 Å². The van der Waals surface area contributed by atoms with E-state index in [-0.39, 0.29) is 17.3 Å².